The number of phenols is 1. The van der Waals surface area contributed by atoms with Crippen LogP contribution in [0.25, 0.3) is 71.0 Å². The summed E-state index contributed by atoms with van der Waals surface area (Å²) in [5.41, 5.74) is 3.48. The molecule has 1 aliphatic carbocycles. The largest absolute Gasteiger partial charge is 0.507 e. The lowest BCUT2D eigenvalue weighted by atomic mass is 9.82. The first-order chi connectivity index (χ1) is 16.2. The van der Waals surface area contributed by atoms with Crippen molar-refractivity contribution in [3.05, 3.63) is 90.0 Å². The molecule has 7 aromatic rings. The van der Waals surface area contributed by atoms with Crippen LogP contribution in [0.4, 0.5) is 0 Å². The molecule has 1 aromatic heterocycles. The molecule has 0 atom stereocenters. The predicted octanol–water partition coefficient (Wildman–Crippen LogP) is 7.35. The molecule has 33 heavy (non-hydrogen) atoms. The number of nitrogens with zero attached hydrogens (tertiary/aromatic N) is 1. The van der Waals surface area contributed by atoms with Crippen molar-refractivity contribution in [2.45, 2.75) is 0 Å². The molecule has 0 bridgehead atoms. The van der Waals surface area contributed by atoms with E-state index in [0.29, 0.717) is 10.9 Å². The van der Waals surface area contributed by atoms with Gasteiger partial charge >= 0.3 is 0 Å². The van der Waals surface area contributed by atoms with Gasteiger partial charge in [0.15, 0.2) is 5.78 Å². The molecule has 152 valence electrons. The summed E-state index contributed by atoms with van der Waals surface area (Å²) in [4.78, 5) is 18.1. The van der Waals surface area contributed by atoms with Gasteiger partial charge in [-0.3, -0.25) is 4.79 Å². The van der Waals surface area contributed by atoms with Crippen LogP contribution in [0.2, 0.25) is 0 Å². The van der Waals surface area contributed by atoms with Crippen molar-refractivity contribution in [3.63, 3.8) is 0 Å². The minimum atomic E-state index is -0.0686. The summed E-state index contributed by atoms with van der Waals surface area (Å²) in [6.07, 6.45) is 3.48. The van der Waals surface area contributed by atoms with Gasteiger partial charge in [0.1, 0.15) is 5.75 Å². The van der Waals surface area contributed by atoms with E-state index in [-0.39, 0.29) is 11.5 Å². The number of carbonyl (C=O) groups excluding carboxylic acids is 1. The number of rotatable bonds is 0. The van der Waals surface area contributed by atoms with E-state index in [1.54, 1.807) is 12.1 Å². The Kier molecular flexibility index (Phi) is 2.92. The zero-order valence-corrected chi connectivity index (χ0v) is 17.4. The van der Waals surface area contributed by atoms with Crippen molar-refractivity contribution < 1.29 is 9.90 Å². The Morgan fingerprint density at radius 3 is 2.39 bits per heavy atom. The third-order valence-electron chi connectivity index (χ3n) is 7.16. The van der Waals surface area contributed by atoms with Crippen LogP contribution in [0.15, 0.2) is 78.9 Å². The second kappa shape index (κ2) is 5.64. The molecule has 8 rings (SSSR count). The maximum Gasteiger partial charge on any atom is 0.187 e. The highest BCUT2D eigenvalue weighted by atomic mass is 16.3. The molecule has 1 N–H and O–H groups in total. The third-order valence-corrected chi connectivity index (χ3v) is 7.16. The number of hydrogen-bond acceptors (Lipinski definition) is 3. The number of phenolic OH excluding ortho intramolecular Hbond substituents is 1. The molecule has 0 saturated heterocycles. The maximum absolute atomic E-state index is 13.1. The fraction of sp³-hybridized carbons (Fsp3) is 0. The van der Waals surface area contributed by atoms with Gasteiger partial charge in [0.2, 0.25) is 0 Å². The molecule has 0 amide bonds. The van der Waals surface area contributed by atoms with E-state index in [4.69, 9.17) is 4.98 Å². The molecule has 6 aromatic carbocycles. The van der Waals surface area contributed by atoms with Crippen LogP contribution in [-0.4, -0.2) is 15.9 Å². The van der Waals surface area contributed by atoms with Crippen LogP contribution in [0.3, 0.4) is 0 Å². The lowest BCUT2D eigenvalue weighted by Crippen LogP contribution is -2.04. The van der Waals surface area contributed by atoms with Gasteiger partial charge in [0, 0.05) is 37.9 Å². The number of benzene rings is 6. The number of fused-ring (bicyclic) bond motifs is 5. The third kappa shape index (κ3) is 2.00. The van der Waals surface area contributed by atoms with Crippen molar-refractivity contribution in [1.82, 2.24) is 4.98 Å². The molecule has 3 heteroatoms. The van der Waals surface area contributed by atoms with Gasteiger partial charge in [-0.1, -0.05) is 54.6 Å². The molecule has 0 unspecified atom stereocenters. The Labute approximate surface area is 187 Å². The highest BCUT2D eigenvalue weighted by Gasteiger charge is 2.25. The monoisotopic (exact) mass is 421 g/mol. The van der Waals surface area contributed by atoms with Gasteiger partial charge in [0.05, 0.1) is 11.0 Å². The lowest BCUT2D eigenvalue weighted by Gasteiger charge is -2.21. The average Bonchev–Trinajstić information content (AvgIpc) is 2.84. The molecule has 0 spiro atoms. The topological polar surface area (TPSA) is 50.2 Å². The Hall–Kier alpha value is -4.50. The summed E-state index contributed by atoms with van der Waals surface area (Å²) in [7, 11) is 0. The first-order valence-electron chi connectivity index (χ1n) is 11.0. The number of allylic oxidation sites excluding steroid dienone is 1. The van der Waals surface area contributed by atoms with Crippen molar-refractivity contribution in [2.75, 3.05) is 0 Å². The Morgan fingerprint density at radius 1 is 0.636 bits per heavy atom. The van der Waals surface area contributed by atoms with E-state index in [1.807, 2.05) is 36.4 Å². The molecule has 1 heterocycles. The zero-order valence-electron chi connectivity index (χ0n) is 17.4. The molecule has 1 aliphatic rings. The van der Waals surface area contributed by atoms with Gasteiger partial charge in [-0.05, 0) is 57.4 Å². The van der Waals surface area contributed by atoms with Gasteiger partial charge in [0.25, 0.3) is 0 Å². The van der Waals surface area contributed by atoms with Crippen LogP contribution in [0, 0.1) is 0 Å². The summed E-state index contributed by atoms with van der Waals surface area (Å²) in [6, 6.07) is 24.5. The molecular weight excluding hydrogens is 406 g/mol. The van der Waals surface area contributed by atoms with Crippen LogP contribution in [0.5, 0.6) is 5.75 Å². The number of carbonyl (C=O) groups is 1. The smallest absolute Gasteiger partial charge is 0.187 e. The fourth-order valence-electron chi connectivity index (χ4n) is 5.83. The number of pyridine rings is 1. The number of hydrogen-bond donors (Lipinski definition) is 1. The number of aromatic nitrogens is 1. The average molecular weight is 421 g/mol. The molecule has 0 fully saturated rings. The minimum absolute atomic E-state index is 0.0686. The van der Waals surface area contributed by atoms with Gasteiger partial charge < -0.3 is 5.11 Å². The van der Waals surface area contributed by atoms with Gasteiger partial charge in [-0.15, -0.1) is 0 Å². The van der Waals surface area contributed by atoms with E-state index in [9.17, 15) is 9.90 Å². The SMILES string of the molecule is O=C1C=Cc2cccc3c2c1c1c(O)cc2cc4cc5ccccc5nc4c4ccc3c1c24. The van der Waals surface area contributed by atoms with Crippen molar-refractivity contribution in [1.29, 1.82) is 0 Å². The summed E-state index contributed by atoms with van der Waals surface area (Å²) < 4.78 is 0. The number of aromatic hydroxyl groups is 1. The van der Waals surface area contributed by atoms with E-state index >= 15 is 0 Å². The Morgan fingerprint density at radius 2 is 1.45 bits per heavy atom. The van der Waals surface area contributed by atoms with Crippen molar-refractivity contribution in [2.24, 2.45) is 0 Å². The van der Waals surface area contributed by atoms with Crippen LogP contribution >= 0.6 is 0 Å². The maximum atomic E-state index is 13.1. The zero-order chi connectivity index (χ0) is 21.8. The van der Waals surface area contributed by atoms with Crippen LogP contribution in [-0.2, 0) is 0 Å². The summed E-state index contributed by atoms with van der Waals surface area (Å²) in [6.45, 7) is 0. The molecular formula is C30H15NO2. The molecule has 0 aliphatic heterocycles. The van der Waals surface area contributed by atoms with E-state index < -0.39 is 0 Å². The normalized spacial score (nSPS) is 13.5. The standard InChI is InChI=1S/C30H15NO2/c32-23-11-8-15-5-3-6-19-20-9-10-21-26-17(14-24(33)29(27(20)26)28(23)25(15)19)13-18-12-16-4-1-2-7-22(16)31-30(18)21/h1-14,33H. The van der Waals surface area contributed by atoms with Crippen molar-refractivity contribution in [3.8, 4) is 5.75 Å². The van der Waals surface area contributed by atoms with Gasteiger partial charge in [-0.2, -0.15) is 0 Å². The first kappa shape index (κ1) is 17.1. The molecule has 0 radical (unpaired) electrons. The Bertz CT molecular complexity index is 2050. The summed E-state index contributed by atoms with van der Waals surface area (Å²) >= 11 is 0. The molecule has 0 saturated carbocycles. The summed E-state index contributed by atoms with van der Waals surface area (Å²) in [5.74, 6) is 0.0735. The first-order valence-corrected chi connectivity index (χ1v) is 11.0. The number of para-hydroxylation sites is 1. The van der Waals surface area contributed by atoms with E-state index in [1.165, 1.54) is 0 Å². The highest BCUT2D eigenvalue weighted by molar-refractivity contribution is 6.40. The highest BCUT2D eigenvalue weighted by Crippen LogP contribution is 2.48. The fourth-order valence-corrected chi connectivity index (χ4v) is 5.83. The van der Waals surface area contributed by atoms with E-state index in [0.717, 1.165) is 65.1 Å². The second-order valence-corrected chi connectivity index (χ2v) is 8.88. The second-order valence-electron chi connectivity index (χ2n) is 8.88. The van der Waals surface area contributed by atoms with Crippen LogP contribution in [0.1, 0.15) is 15.9 Å². The molecule has 3 nitrogen and oxygen atoms in total. The minimum Gasteiger partial charge on any atom is -0.507 e. The number of ketones is 1. The van der Waals surface area contributed by atoms with Crippen molar-refractivity contribution >= 4 is 76.8 Å². The van der Waals surface area contributed by atoms with Crippen LogP contribution < -0.4 is 0 Å². The quantitative estimate of drug-likeness (QED) is 0.206. The Balaban J connectivity index is 1.70. The summed E-state index contributed by atoms with van der Waals surface area (Å²) in [5, 5.41) is 21.0. The predicted molar refractivity (Wildman–Crippen MR) is 135 cm³/mol. The van der Waals surface area contributed by atoms with E-state index in [2.05, 4.69) is 36.4 Å². The van der Waals surface area contributed by atoms with Gasteiger partial charge in [-0.25, -0.2) is 4.98 Å². The lowest BCUT2D eigenvalue weighted by molar-refractivity contribution is 0.105.